The molecule has 1 unspecified atom stereocenters. The van der Waals surface area contributed by atoms with Crippen LogP contribution in [0, 0.1) is 5.92 Å². The van der Waals surface area contributed by atoms with Crippen LogP contribution in [0.3, 0.4) is 0 Å². The van der Waals surface area contributed by atoms with Gasteiger partial charge in [0.2, 0.25) is 0 Å². The van der Waals surface area contributed by atoms with Gasteiger partial charge in [0, 0.05) is 12.1 Å². The van der Waals surface area contributed by atoms with E-state index in [1.54, 1.807) is 12.1 Å². The van der Waals surface area contributed by atoms with Gasteiger partial charge in [0.25, 0.3) is 0 Å². The molecule has 0 bridgehead atoms. The quantitative estimate of drug-likeness (QED) is 0.786. The molecule has 2 heteroatoms. The lowest BCUT2D eigenvalue weighted by Crippen LogP contribution is -2.40. The molecule has 20 heavy (non-hydrogen) atoms. The van der Waals surface area contributed by atoms with Crippen molar-refractivity contribution in [2.45, 2.75) is 70.9 Å². The van der Waals surface area contributed by atoms with Crippen LogP contribution < -0.4 is 5.32 Å². The maximum atomic E-state index is 9.32. The Labute approximate surface area is 123 Å². The summed E-state index contributed by atoms with van der Waals surface area (Å²) >= 11 is 0. The van der Waals surface area contributed by atoms with Crippen LogP contribution >= 0.6 is 0 Å². The average Bonchev–Trinajstić information content (AvgIpc) is 2.70. The van der Waals surface area contributed by atoms with Gasteiger partial charge in [-0.25, -0.2) is 0 Å². The van der Waals surface area contributed by atoms with Gasteiger partial charge in [-0.3, -0.25) is 0 Å². The van der Waals surface area contributed by atoms with Crippen molar-refractivity contribution >= 4 is 0 Å². The molecule has 0 saturated heterocycles. The van der Waals surface area contributed by atoms with Gasteiger partial charge in [-0.2, -0.15) is 0 Å². The first kappa shape index (κ1) is 15.4. The van der Waals surface area contributed by atoms with Crippen molar-refractivity contribution in [3.05, 3.63) is 29.8 Å². The fraction of sp³-hybridized carbons (Fsp3) is 0.667. The number of rotatable bonds is 5. The number of benzene rings is 1. The maximum absolute atomic E-state index is 9.32. The molecule has 1 aliphatic rings. The molecule has 1 fully saturated rings. The maximum Gasteiger partial charge on any atom is 0.115 e. The standard InChI is InChI=1S/C18H29NO/c1-14(13-16-9-11-18(20)12-10-16)19-15(2)17-7-5-3-4-6-8-17/h9-12,14-15,17,19-20H,3-8,13H2,1-2H3/t14?,15-/m1/s1. The van der Waals surface area contributed by atoms with Crippen molar-refractivity contribution in [2.75, 3.05) is 0 Å². The topological polar surface area (TPSA) is 32.3 Å². The summed E-state index contributed by atoms with van der Waals surface area (Å²) in [6, 6.07) is 8.68. The van der Waals surface area contributed by atoms with Crippen LogP contribution in [0.5, 0.6) is 5.75 Å². The largest absolute Gasteiger partial charge is 0.508 e. The summed E-state index contributed by atoms with van der Waals surface area (Å²) < 4.78 is 0. The van der Waals surface area contributed by atoms with Crippen molar-refractivity contribution in [2.24, 2.45) is 5.92 Å². The normalized spacial score (nSPS) is 20.3. The number of aromatic hydroxyl groups is 1. The number of phenols is 1. The predicted molar refractivity (Wildman–Crippen MR) is 85.1 cm³/mol. The summed E-state index contributed by atoms with van der Waals surface area (Å²) in [4.78, 5) is 0. The van der Waals surface area contributed by atoms with Crippen molar-refractivity contribution < 1.29 is 5.11 Å². The Morgan fingerprint density at radius 1 is 1.05 bits per heavy atom. The Morgan fingerprint density at radius 3 is 2.25 bits per heavy atom. The Balaban J connectivity index is 1.80. The first-order valence-electron chi connectivity index (χ1n) is 8.19. The third-order valence-corrected chi connectivity index (χ3v) is 4.63. The molecule has 2 nitrogen and oxygen atoms in total. The lowest BCUT2D eigenvalue weighted by atomic mass is 9.92. The number of nitrogens with one attached hydrogen (secondary N) is 1. The second kappa shape index (κ2) is 7.68. The molecule has 1 saturated carbocycles. The molecule has 2 rings (SSSR count). The first-order valence-corrected chi connectivity index (χ1v) is 8.19. The number of phenolic OH excluding ortho intramolecular Hbond substituents is 1. The van der Waals surface area contributed by atoms with E-state index in [1.165, 1.54) is 44.1 Å². The van der Waals surface area contributed by atoms with Gasteiger partial charge < -0.3 is 10.4 Å². The van der Waals surface area contributed by atoms with Crippen LogP contribution in [0.1, 0.15) is 57.9 Å². The third kappa shape index (κ3) is 4.82. The monoisotopic (exact) mass is 275 g/mol. The highest BCUT2D eigenvalue weighted by Gasteiger charge is 2.20. The van der Waals surface area contributed by atoms with Crippen molar-refractivity contribution in [1.82, 2.24) is 5.32 Å². The van der Waals surface area contributed by atoms with Gasteiger partial charge in [0.05, 0.1) is 0 Å². The van der Waals surface area contributed by atoms with E-state index in [9.17, 15) is 5.11 Å². The zero-order valence-electron chi connectivity index (χ0n) is 12.9. The van der Waals surface area contributed by atoms with Gasteiger partial charge in [-0.15, -0.1) is 0 Å². The first-order chi connectivity index (χ1) is 9.65. The smallest absolute Gasteiger partial charge is 0.115 e. The number of hydrogen-bond donors (Lipinski definition) is 2. The summed E-state index contributed by atoms with van der Waals surface area (Å²) in [6.07, 6.45) is 9.46. The van der Waals surface area contributed by atoms with Crippen LogP contribution in [0.2, 0.25) is 0 Å². The molecule has 2 N–H and O–H groups in total. The Morgan fingerprint density at radius 2 is 1.65 bits per heavy atom. The molecule has 0 aromatic heterocycles. The van der Waals surface area contributed by atoms with Gasteiger partial charge in [0.15, 0.2) is 0 Å². The average molecular weight is 275 g/mol. The highest BCUT2D eigenvalue weighted by molar-refractivity contribution is 5.26. The molecule has 0 amide bonds. The zero-order valence-corrected chi connectivity index (χ0v) is 12.9. The zero-order chi connectivity index (χ0) is 14.4. The van der Waals surface area contributed by atoms with Crippen LogP contribution in [-0.4, -0.2) is 17.2 Å². The van der Waals surface area contributed by atoms with E-state index >= 15 is 0 Å². The molecule has 0 radical (unpaired) electrons. The molecule has 1 aromatic rings. The molecule has 1 aliphatic carbocycles. The third-order valence-electron chi connectivity index (χ3n) is 4.63. The minimum Gasteiger partial charge on any atom is -0.508 e. The van der Waals surface area contributed by atoms with Gasteiger partial charge in [0.1, 0.15) is 5.75 Å². The molecular formula is C18H29NO. The van der Waals surface area contributed by atoms with Crippen LogP contribution in [0.25, 0.3) is 0 Å². The minimum absolute atomic E-state index is 0.348. The lowest BCUT2D eigenvalue weighted by Gasteiger charge is -2.27. The summed E-state index contributed by atoms with van der Waals surface area (Å²) in [5.41, 5.74) is 1.29. The molecule has 2 atom stereocenters. The molecular weight excluding hydrogens is 246 g/mol. The second-order valence-corrected chi connectivity index (χ2v) is 6.48. The van der Waals surface area contributed by atoms with Crippen molar-refractivity contribution in [3.8, 4) is 5.75 Å². The van der Waals surface area contributed by atoms with E-state index in [4.69, 9.17) is 0 Å². The molecule has 0 aliphatic heterocycles. The minimum atomic E-state index is 0.348. The Kier molecular flexibility index (Phi) is 5.90. The van der Waals surface area contributed by atoms with E-state index in [1.807, 2.05) is 12.1 Å². The van der Waals surface area contributed by atoms with Crippen LogP contribution in [-0.2, 0) is 6.42 Å². The highest BCUT2D eigenvalue weighted by atomic mass is 16.3. The summed E-state index contributed by atoms with van der Waals surface area (Å²) in [5, 5.41) is 13.1. The highest BCUT2D eigenvalue weighted by Crippen LogP contribution is 2.25. The summed E-state index contributed by atoms with van der Waals surface area (Å²) in [5.74, 6) is 1.20. The van der Waals surface area contributed by atoms with Crippen LogP contribution in [0.15, 0.2) is 24.3 Å². The van der Waals surface area contributed by atoms with E-state index in [-0.39, 0.29) is 0 Å². The predicted octanol–water partition coefficient (Wildman–Crippen LogP) is 4.27. The number of hydrogen-bond acceptors (Lipinski definition) is 2. The van der Waals surface area contributed by atoms with Gasteiger partial charge >= 0.3 is 0 Å². The van der Waals surface area contributed by atoms with E-state index in [0.717, 1.165) is 12.3 Å². The molecule has 112 valence electrons. The van der Waals surface area contributed by atoms with Gasteiger partial charge in [-0.05, 0) is 56.7 Å². The Hall–Kier alpha value is -1.02. The van der Waals surface area contributed by atoms with E-state index in [0.29, 0.717) is 17.8 Å². The fourth-order valence-electron chi connectivity index (χ4n) is 3.44. The molecule has 1 aromatic carbocycles. The lowest BCUT2D eigenvalue weighted by molar-refractivity contribution is 0.313. The van der Waals surface area contributed by atoms with Crippen molar-refractivity contribution in [3.63, 3.8) is 0 Å². The van der Waals surface area contributed by atoms with Gasteiger partial charge in [-0.1, -0.05) is 37.8 Å². The van der Waals surface area contributed by atoms with Crippen molar-refractivity contribution in [1.29, 1.82) is 0 Å². The summed E-state index contributed by atoms with van der Waals surface area (Å²) in [7, 11) is 0. The van der Waals surface area contributed by atoms with E-state index in [2.05, 4.69) is 19.2 Å². The Bertz CT molecular complexity index is 379. The summed E-state index contributed by atoms with van der Waals surface area (Å²) in [6.45, 7) is 4.61. The van der Waals surface area contributed by atoms with Crippen LogP contribution in [0.4, 0.5) is 0 Å². The molecule has 0 heterocycles. The SMILES string of the molecule is CC(Cc1ccc(O)cc1)N[C@H](C)C1CCCCCC1. The molecule has 0 spiro atoms. The second-order valence-electron chi connectivity index (χ2n) is 6.48. The fourth-order valence-corrected chi connectivity index (χ4v) is 3.44. The van der Waals surface area contributed by atoms with E-state index < -0.39 is 0 Å².